The van der Waals surface area contributed by atoms with E-state index in [1.165, 1.54) is 0 Å². The molecule has 1 N–H and O–H groups in total. The van der Waals surface area contributed by atoms with Gasteiger partial charge in [-0.3, -0.25) is 4.79 Å². The van der Waals surface area contributed by atoms with Crippen LogP contribution < -0.4 is 14.8 Å². The largest absolute Gasteiger partial charge is 0.497 e. The van der Waals surface area contributed by atoms with E-state index in [4.69, 9.17) is 14.2 Å². The summed E-state index contributed by atoms with van der Waals surface area (Å²) in [6.45, 7) is 5.96. The number of hydrogen-bond donors (Lipinski definition) is 1. The Kier molecular flexibility index (Phi) is 7.14. The van der Waals surface area contributed by atoms with Gasteiger partial charge < -0.3 is 19.5 Å². The maximum atomic E-state index is 12.6. The Morgan fingerprint density at radius 3 is 2.38 bits per heavy atom. The van der Waals surface area contributed by atoms with Gasteiger partial charge in [-0.05, 0) is 57.2 Å². The number of benzene rings is 2. The zero-order valence-electron chi connectivity index (χ0n) is 18.9. The third-order valence-corrected chi connectivity index (χ3v) is 5.08. The van der Waals surface area contributed by atoms with Gasteiger partial charge in [-0.1, -0.05) is 0 Å². The van der Waals surface area contributed by atoms with Crippen molar-refractivity contribution in [2.24, 2.45) is 0 Å². The summed E-state index contributed by atoms with van der Waals surface area (Å²) in [4.78, 5) is 24.8. The number of ether oxygens (including phenoxy) is 3. The van der Waals surface area contributed by atoms with Crippen molar-refractivity contribution < 1.29 is 23.8 Å². The molecular weight excluding hydrogens is 410 g/mol. The van der Waals surface area contributed by atoms with Gasteiger partial charge in [0.25, 0.3) is 5.91 Å². The maximum absolute atomic E-state index is 12.6. The van der Waals surface area contributed by atoms with Crippen molar-refractivity contribution in [2.75, 3.05) is 20.8 Å². The van der Waals surface area contributed by atoms with Gasteiger partial charge in [0, 0.05) is 23.7 Å². The summed E-state index contributed by atoms with van der Waals surface area (Å²) in [7, 11) is 3.16. The lowest BCUT2D eigenvalue weighted by Gasteiger charge is -2.12. The van der Waals surface area contributed by atoms with Gasteiger partial charge in [0.05, 0.1) is 37.9 Å². The highest BCUT2D eigenvalue weighted by Gasteiger charge is 2.20. The number of esters is 1. The van der Waals surface area contributed by atoms with Gasteiger partial charge in [0.1, 0.15) is 17.1 Å². The average Bonchev–Trinajstić information content (AvgIpc) is 3.11. The summed E-state index contributed by atoms with van der Waals surface area (Å²) in [5.74, 6) is 0.721. The highest BCUT2D eigenvalue weighted by atomic mass is 16.5. The molecule has 1 amide bonds. The molecule has 32 heavy (non-hydrogen) atoms. The Morgan fingerprint density at radius 2 is 1.75 bits per heavy atom. The topological polar surface area (TPSA) is 91.7 Å². The molecule has 0 aliphatic heterocycles. The molecule has 0 saturated heterocycles. The van der Waals surface area contributed by atoms with Crippen LogP contribution in [0.2, 0.25) is 0 Å². The first-order chi connectivity index (χ1) is 15.4. The minimum Gasteiger partial charge on any atom is -0.497 e. The van der Waals surface area contributed by atoms with Crippen LogP contribution in [-0.2, 0) is 11.3 Å². The minimum absolute atomic E-state index is 0.213. The van der Waals surface area contributed by atoms with Crippen LogP contribution >= 0.6 is 0 Å². The second kappa shape index (κ2) is 10.00. The molecular formula is C24H27N3O5. The first kappa shape index (κ1) is 22.9. The van der Waals surface area contributed by atoms with Gasteiger partial charge in [-0.25, -0.2) is 9.48 Å². The van der Waals surface area contributed by atoms with E-state index >= 15 is 0 Å². The zero-order chi connectivity index (χ0) is 23.3. The second-order valence-electron chi connectivity index (χ2n) is 7.09. The standard InChI is InChI=1S/C24H27N3O5/c1-6-32-24(29)22-15(2)26-27(16(22)3)19-10-7-17(8-11-19)23(28)25-14-18-9-12-20(30-4)13-21(18)31-5/h7-13H,6,14H2,1-5H3,(H,25,28). The molecule has 0 bridgehead atoms. The normalized spacial score (nSPS) is 10.5. The van der Waals surface area contributed by atoms with Crippen molar-refractivity contribution in [2.45, 2.75) is 27.3 Å². The fraction of sp³-hybridized carbons (Fsp3) is 0.292. The molecule has 8 heteroatoms. The van der Waals surface area contributed by atoms with E-state index in [9.17, 15) is 9.59 Å². The van der Waals surface area contributed by atoms with Crippen LogP contribution in [0.15, 0.2) is 42.5 Å². The lowest BCUT2D eigenvalue weighted by Crippen LogP contribution is -2.23. The van der Waals surface area contributed by atoms with E-state index in [1.54, 1.807) is 63.1 Å². The summed E-state index contributed by atoms with van der Waals surface area (Å²) in [6.07, 6.45) is 0. The van der Waals surface area contributed by atoms with Crippen molar-refractivity contribution in [1.82, 2.24) is 15.1 Å². The van der Waals surface area contributed by atoms with Gasteiger partial charge >= 0.3 is 5.97 Å². The molecule has 0 fully saturated rings. The van der Waals surface area contributed by atoms with Crippen LogP contribution in [0.1, 0.15) is 44.6 Å². The number of hydrogen-bond acceptors (Lipinski definition) is 6. The molecule has 0 atom stereocenters. The molecule has 0 spiro atoms. The van der Waals surface area contributed by atoms with E-state index in [-0.39, 0.29) is 5.91 Å². The quantitative estimate of drug-likeness (QED) is 0.542. The summed E-state index contributed by atoms with van der Waals surface area (Å²) in [5.41, 5.74) is 3.83. The Morgan fingerprint density at radius 1 is 1.03 bits per heavy atom. The molecule has 0 saturated carbocycles. The van der Waals surface area contributed by atoms with Crippen LogP contribution in [0.3, 0.4) is 0 Å². The van der Waals surface area contributed by atoms with E-state index in [0.29, 0.717) is 47.2 Å². The van der Waals surface area contributed by atoms with Crippen LogP contribution in [0, 0.1) is 13.8 Å². The Bertz CT molecular complexity index is 1120. The molecule has 3 rings (SSSR count). The molecule has 2 aromatic carbocycles. The van der Waals surface area contributed by atoms with Crippen LogP contribution in [0.25, 0.3) is 5.69 Å². The number of methoxy groups -OCH3 is 2. The first-order valence-corrected chi connectivity index (χ1v) is 10.2. The SMILES string of the molecule is CCOC(=O)c1c(C)nn(-c2ccc(C(=O)NCc3ccc(OC)cc3OC)cc2)c1C. The van der Waals surface area contributed by atoms with Crippen molar-refractivity contribution in [3.8, 4) is 17.2 Å². The lowest BCUT2D eigenvalue weighted by molar-refractivity contribution is 0.0524. The Labute approximate surface area is 187 Å². The number of aromatic nitrogens is 2. The van der Waals surface area contributed by atoms with Crippen LogP contribution in [0.4, 0.5) is 0 Å². The van der Waals surface area contributed by atoms with Crippen molar-refractivity contribution in [3.63, 3.8) is 0 Å². The molecule has 0 unspecified atom stereocenters. The van der Waals surface area contributed by atoms with Crippen molar-refractivity contribution in [3.05, 3.63) is 70.5 Å². The fourth-order valence-corrected chi connectivity index (χ4v) is 3.42. The Balaban J connectivity index is 1.73. The van der Waals surface area contributed by atoms with Gasteiger partial charge in [-0.2, -0.15) is 5.10 Å². The number of carbonyl (C=O) groups excluding carboxylic acids is 2. The van der Waals surface area contributed by atoms with Crippen molar-refractivity contribution >= 4 is 11.9 Å². The van der Waals surface area contributed by atoms with E-state index < -0.39 is 5.97 Å². The summed E-state index contributed by atoms with van der Waals surface area (Å²) >= 11 is 0. The van der Waals surface area contributed by atoms with Gasteiger partial charge in [0.15, 0.2) is 0 Å². The predicted molar refractivity (Wildman–Crippen MR) is 120 cm³/mol. The summed E-state index contributed by atoms with van der Waals surface area (Å²) in [6, 6.07) is 12.5. The smallest absolute Gasteiger partial charge is 0.341 e. The number of rotatable bonds is 8. The van der Waals surface area contributed by atoms with Gasteiger partial charge in [0.2, 0.25) is 0 Å². The number of amides is 1. The molecule has 0 aliphatic carbocycles. The predicted octanol–water partition coefficient (Wildman–Crippen LogP) is 3.61. The number of nitrogens with one attached hydrogen (secondary N) is 1. The van der Waals surface area contributed by atoms with E-state index in [2.05, 4.69) is 10.4 Å². The summed E-state index contributed by atoms with van der Waals surface area (Å²) < 4.78 is 17.4. The first-order valence-electron chi connectivity index (χ1n) is 10.2. The molecule has 3 aromatic rings. The third kappa shape index (κ3) is 4.74. The second-order valence-corrected chi connectivity index (χ2v) is 7.09. The van der Waals surface area contributed by atoms with Crippen molar-refractivity contribution in [1.29, 1.82) is 0 Å². The lowest BCUT2D eigenvalue weighted by atomic mass is 10.1. The summed E-state index contributed by atoms with van der Waals surface area (Å²) in [5, 5.41) is 7.36. The molecule has 0 radical (unpaired) electrons. The number of aryl methyl sites for hydroxylation is 1. The van der Waals surface area contributed by atoms with Crippen LogP contribution in [-0.4, -0.2) is 42.5 Å². The molecule has 1 aromatic heterocycles. The molecule has 168 valence electrons. The third-order valence-electron chi connectivity index (χ3n) is 5.08. The van der Waals surface area contributed by atoms with Gasteiger partial charge in [-0.15, -0.1) is 0 Å². The highest BCUT2D eigenvalue weighted by Crippen LogP contribution is 2.24. The molecule has 0 aliphatic rings. The highest BCUT2D eigenvalue weighted by molar-refractivity contribution is 5.94. The Hall–Kier alpha value is -3.81. The van der Waals surface area contributed by atoms with Crippen LogP contribution in [0.5, 0.6) is 11.5 Å². The average molecular weight is 437 g/mol. The molecule has 1 heterocycles. The maximum Gasteiger partial charge on any atom is 0.341 e. The monoisotopic (exact) mass is 437 g/mol. The van der Waals surface area contributed by atoms with E-state index in [1.807, 2.05) is 19.1 Å². The minimum atomic E-state index is -0.390. The number of nitrogens with zero attached hydrogens (tertiary/aromatic N) is 2. The fourth-order valence-electron chi connectivity index (χ4n) is 3.42. The molecule has 8 nitrogen and oxygen atoms in total. The van der Waals surface area contributed by atoms with E-state index in [0.717, 1.165) is 11.3 Å². The number of carbonyl (C=O) groups is 2. The zero-order valence-corrected chi connectivity index (χ0v) is 18.9.